The zero-order chi connectivity index (χ0) is 20.4. The molecule has 3 rings (SSSR count). The second kappa shape index (κ2) is 7.39. The Bertz CT molecular complexity index is 1200. The number of imidazole rings is 1. The molecule has 0 spiro atoms. The number of hydrogen-bond donors (Lipinski definition) is 2. The average Bonchev–Trinajstić information content (AvgIpc) is 3.09. The summed E-state index contributed by atoms with van der Waals surface area (Å²) in [5.74, 6) is -0.217. The minimum Gasteiger partial charge on any atom is -0.504 e. The zero-order valence-corrected chi connectivity index (χ0v) is 15.4. The van der Waals surface area contributed by atoms with Gasteiger partial charge in [0.1, 0.15) is 6.54 Å². The lowest BCUT2D eigenvalue weighted by Crippen LogP contribution is -2.38. The van der Waals surface area contributed by atoms with Crippen LogP contribution in [0.1, 0.15) is 5.56 Å². The Labute approximate surface area is 158 Å². The van der Waals surface area contributed by atoms with Gasteiger partial charge in [-0.15, -0.1) is 0 Å². The van der Waals surface area contributed by atoms with Crippen LogP contribution in [-0.4, -0.2) is 43.0 Å². The fourth-order valence-corrected chi connectivity index (χ4v) is 2.66. The SMILES string of the molecule is COc1cc(/C=N\NC(=O)Cn2cnc3c2c(=O)n(C)c(=O)n3C)ccc1O. The number of amides is 1. The molecule has 0 saturated carbocycles. The molecule has 0 bridgehead atoms. The maximum atomic E-state index is 12.3. The number of ether oxygens (including phenoxy) is 1. The van der Waals surface area contributed by atoms with E-state index in [4.69, 9.17) is 4.74 Å². The van der Waals surface area contributed by atoms with Crippen molar-refractivity contribution in [3.63, 3.8) is 0 Å². The number of carbonyl (C=O) groups is 1. The van der Waals surface area contributed by atoms with Crippen molar-refractivity contribution in [3.8, 4) is 11.5 Å². The Balaban J connectivity index is 1.77. The second-order valence-corrected chi connectivity index (χ2v) is 5.97. The van der Waals surface area contributed by atoms with Gasteiger partial charge in [-0.05, 0) is 23.8 Å². The molecule has 2 N–H and O–H groups in total. The topological polar surface area (TPSA) is 133 Å². The molecular weight excluding hydrogens is 368 g/mol. The largest absolute Gasteiger partial charge is 0.504 e. The van der Waals surface area contributed by atoms with Crippen molar-refractivity contribution in [1.82, 2.24) is 24.1 Å². The summed E-state index contributed by atoms with van der Waals surface area (Å²) in [6, 6.07) is 4.60. The normalized spacial score (nSPS) is 11.2. The summed E-state index contributed by atoms with van der Waals surface area (Å²) >= 11 is 0. The molecule has 0 radical (unpaired) electrons. The number of hydrazone groups is 1. The number of phenolic OH excluding ortho intramolecular Hbond substituents is 1. The number of methoxy groups -OCH3 is 1. The minimum atomic E-state index is -0.539. The number of benzene rings is 1. The summed E-state index contributed by atoms with van der Waals surface area (Å²) in [5, 5.41) is 13.4. The van der Waals surface area contributed by atoms with E-state index in [1.165, 1.54) is 48.9 Å². The van der Waals surface area contributed by atoms with Crippen LogP contribution in [0.15, 0.2) is 39.2 Å². The van der Waals surface area contributed by atoms with E-state index < -0.39 is 17.2 Å². The maximum Gasteiger partial charge on any atom is 0.332 e. The van der Waals surface area contributed by atoms with Gasteiger partial charge in [-0.1, -0.05) is 0 Å². The number of fused-ring (bicyclic) bond motifs is 1. The molecule has 1 amide bonds. The predicted octanol–water partition coefficient (Wildman–Crippen LogP) is -0.702. The molecule has 0 atom stereocenters. The molecule has 11 heteroatoms. The molecule has 146 valence electrons. The van der Waals surface area contributed by atoms with Gasteiger partial charge in [0.05, 0.1) is 19.7 Å². The number of phenols is 1. The molecule has 0 aliphatic heterocycles. The standard InChI is InChI=1S/C17H18N6O5/c1-21-15-14(16(26)22(2)17(21)27)23(9-18-15)8-13(25)20-19-7-10-4-5-11(24)12(6-10)28-3/h4-7,9,24H,8H2,1-3H3,(H,20,25)/b19-7-. The van der Waals surface area contributed by atoms with E-state index >= 15 is 0 Å². The van der Waals surface area contributed by atoms with Gasteiger partial charge in [0.2, 0.25) is 0 Å². The third-order valence-corrected chi connectivity index (χ3v) is 4.14. The Morgan fingerprint density at radius 2 is 2.07 bits per heavy atom. The van der Waals surface area contributed by atoms with E-state index in [1.54, 1.807) is 12.1 Å². The van der Waals surface area contributed by atoms with E-state index in [0.29, 0.717) is 5.56 Å². The molecule has 11 nitrogen and oxygen atoms in total. The lowest BCUT2D eigenvalue weighted by atomic mass is 10.2. The minimum absolute atomic E-state index is 0.00773. The van der Waals surface area contributed by atoms with E-state index in [1.807, 2.05) is 0 Å². The fraction of sp³-hybridized carbons (Fsp3) is 0.235. The zero-order valence-electron chi connectivity index (χ0n) is 15.4. The van der Waals surface area contributed by atoms with Gasteiger partial charge in [0.15, 0.2) is 22.7 Å². The molecular formula is C17H18N6O5. The van der Waals surface area contributed by atoms with Crippen LogP contribution in [0.25, 0.3) is 11.2 Å². The van der Waals surface area contributed by atoms with Crippen LogP contribution in [-0.2, 0) is 25.4 Å². The summed E-state index contributed by atoms with van der Waals surface area (Å²) < 4.78 is 8.54. The molecule has 0 unspecified atom stereocenters. The highest BCUT2D eigenvalue weighted by molar-refractivity contribution is 5.83. The molecule has 0 aliphatic carbocycles. The van der Waals surface area contributed by atoms with Crippen LogP contribution in [0.3, 0.4) is 0 Å². The van der Waals surface area contributed by atoms with E-state index in [2.05, 4.69) is 15.5 Å². The predicted molar refractivity (Wildman–Crippen MR) is 101 cm³/mol. The van der Waals surface area contributed by atoms with Crippen molar-refractivity contribution in [3.05, 3.63) is 50.9 Å². The molecule has 2 aromatic heterocycles. The molecule has 0 aliphatic rings. The van der Waals surface area contributed by atoms with Gasteiger partial charge in [0, 0.05) is 14.1 Å². The lowest BCUT2D eigenvalue weighted by molar-refractivity contribution is -0.121. The van der Waals surface area contributed by atoms with E-state index in [-0.39, 0.29) is 29.2 Å². The van der Waals surface area contributed by atoms with Crippen LogP contribution in [0, 0.1) is 0 Å². The number of nitrogens with one attached hydrogen (secondary N) is 1. The Morgan fingerprint density at radius 3 is 2.79 bits per heavy atom. The molecule has 0 fully saturated rings. The summed E-state index contributed by atoms with van der Waals surface area (Å²) in [5.41, 5.74) is 2.25. The Hall–Kier alpha value is -3.89. The first-order valence-electron chi connectivity index (χ1n) is 8.13. The summed E-state index contributed by atoms with van der Waals surface area (Å²) in [6.45, 7) is -0.208. The first-order chi connectivity index (χ1) is 13.3. The second-order valence-electron chi connectivity index (χ2n) is 5.97. The monoisotopic (exact) mass is 386 g/mol. The lowest BCUT2D eigenvalue weighted by Gasteiger charge is -2.06. The number of hydrogen-bond acceptors (Lipinski definition) is 7. The van der Waals surface area contributed by atoms with Crippen molar-refractivity contribution < 1.29 is 14.6 Å². The first-order valence-corrected chi connectivity index (χ1v) is 8.13. The van der Waals surface area contributed by atoms with Gasteiger partial charge >= 0.3 is 5.69 Å². The van der Waals surface area contributed by atoms with Crippen molar-refractivity contribution >= 4 is 23.3 Å². The summed E-state index contributed by atoms with van der Waals surface area (Å²) in [7, 11) is 4.28. The Kier molecular flexibility index (Phi) is 4.98. The van der Waals surface area contributed by atoms with Crippen LogP contribution >= 0.6 is 0 Å². The number of aromatic nitrogens is 4. The smallest absolute Gasteiger partial charge is 0.332 e. The maximum absolute atomic E-state index is 12.3. The summed E-state index contributed by atoms with van der Waals surface area (Å²) in [4.78, 5) is 40.5. The van der Waals surface area contributed by atoms with E-state index in [9.17, 15) is 19.5 Å². The number of nitrogens with zero attached hydrogens (tertiary/aromatic N) is 5. The third-order valence-electron chi connectivity index (χ3n) is 4.14. The van der Waals surface area contributed by atoms with Crippen molar-refractivity contribution in [2.45, 2.75) is 6.54 Å². The highest BCUT2D eigenvalue weighted by atomic mass is 16.5. The quantitative estimate of drug-likeness (QED) is 0.440. The van der Waals surface area contributed by atoms with Gasteiger partial charge in [-0.3, -0.25) is 18.7 Å². The number of carbonyl (C=O) groups excluding carboxylic acids is 1. The van der Waals surface area contributed by atoms with Crippen LogP contribution in [0.2, 0.25) is 0 Å². The molecule has 28 heavy (non-hydrogen) atoms. The highest BCUT2D eigenvalue weighted by Gasteiger charge is 2.15. The van der Waals surface area contributed by atoms with Crippen LogP contribution in [0.5, 0.6) is 11.5 Å². The fourth-order valence-electron chi connectivity index (χ4n) is 2.66. The van der Waals surface area contributed by atoms with Crippen LogP contribution < -0.4 is 21.4 Å². The first kappa shape index (κ1) is 18.9. The number of rotatable bonds is 5. The molecule has 3 aromatic rings. The molecule has 0 saturated heterocycles. The molecule has 2 heterocycles. The van der Waals surface area contributed by atoms with Gasteiger partial charge in [0.25, 0.3) is 11.5 Å². The summed E-state index contributed by atoms with van der Waals surface area (Å²) in [6.07, 6.45) is 2.70. The van der Waals surface area contributed by atoms with Gasteiger partial charge < -0.3 is 14.4 Å². The number of aromatic hydroxyl groups is 1. The van der Waals surface area contributed by atoms with Gasteiger partial charge in [-0.25, -0.2) is 15.2 Å². The van der Waals surface area contributed by atoms with Crippen molar-refractivity contribution in [1.29, 1.82) is 0 Å². The van der Waals surface area contributed by atoms with Crippen LogP contribution in [0.4, 0.5) is 0 Å². The number of aryl methyl sites for hydroxylation is 1. The Morgan fingerprint density at radius 1 is 1.32 bits per heavy atom. The van der Waals surface area contributed by atoms with Crippen molar-refractivity contribution in [2.24, 2.45) is 19.2 Å². The van der Waals surface area contributed by atoms with Crippen molar-refractivity contribution in [2.75, 3.05) is 7.11 Å². The highest BCUT2D eigenvalue weighted by Crippen LogP contribution is 2.25. The molecule has 1 aromatic carbocycles. The van der Waals surface area contributed by atoms with Gasteiger partial charge in [-0.2, -0.15) is 5.10 Å². The average molecular weight is 386 g/mol. The van der Waals surface area contributed by atoms with E-state index in [0.717, 1.165) is 4.57 Å². The third kappa shape index (κ3) is 3.37.